The molecule has 3 heterocycles. The third-order valence-corrected chi connectivity index (χ3v) is 8.56. The van der Waals surface area contributed by atoms with Crippen LogP contribution in [0.3, 0.4) is 0 Å². The Balaban J connectivity index is 1.77. The molecule has 1 atom stereocenters. The van der Waals surface area contributed by atoms with Crippen LogP contribution in [-0.4, -0.2) is 0 Å². The van der Waals surface area contributed by atoms with Crippen molar-refractivity contribution in [2.75, 3.05) is 4.90 Å². The lowest BCUT2D eigenvalue weighted by molar-refractivity contribution is 0.288. The molecule has 1 spiro atoms. The molecule has 124 valence electrons. The smallest absolute Gasteiger partial charge is 0.0872 e. The summed E-state index contributed by atoms with van der Waals surface area (Å²) in [6.07, 6.45) is 6.74. The Morgan fingerprint density at radius 3 is 2.67 bits per heavy atom. The zero-order valence-electron chi connectivity index (χ0n) is 14.3. The molecule has 3 aromatic rings. The third-order valence-electron chi connectivity index (χ3n) is 6.10. The first-order valence-electron chi connectivity index (χ1n) is 9.08. The van der Waals surface area contributed by atoms with Crippen LogP contribution in [0, 0.1) is 6.92 Å². The van der Waals surface area contributed by atoms with Crippen LogP contribution in [0.2, 0.25) is 0 Å². The van der Waals surface area contributed by atoms with Gasteiger partial charge in [-0.05, 0) is 55.3 Å². The van der Waals surface area contributed by atoms with Crippen molar-refractivity contribution in [1.29, 1.82) is 0 Å². The molecule has 0 unspecified atom stereocenters. The lowest BCUT2D eigenvalue weighted by Crippen LogP contribution is -2.44. The highest BCUT2D eigenvalue weighted by atomic mass is 32.2. The van der Waals surface area contributed by atoms with E-state index >= 15 is 0 Å². The van der Waals surface area contributed by atoms with Gasteiger partial charge in [-0.2, -0.15) is 0 Å². The fourth-order valence-electron chi connectivity index (χ4n) is 5.09. The molecule has 0 amide bonds. The van der Waals surface area contributed by atoms with E-state index in [1.54, 1.807) is 10.4 Å². The van der Waals surface area contributed by atoms with Gasteiger partial charge in [-0.1, -0.05) is 37.5 Å². The zero-order valence-corrected chi connectivity index (χ0v) is 16.0. The fraction of sp³-hybridized carbons (Fsp3) is 0.429. The molecule has 2 aliphatic rings. The molecule has 24 heavy (non-hydrogen) atoms. The van der Waals surface area contributed by atoms with Gasteiger partial charge in [0, 0.05) is 16.0 Å². The molecule has 0 bridgehead atoms. The number of para-hydroxylation sites is 1. The number of benzene rings is 1. The summed E-state index contributed by atoms with van der Waals surface area (Å²) in [5.74, 6) is 0. The van der Waals surface area contributed by atoms with E-state index in [-0.39, 0.29) is 5.54 Å². The summed E-state index contributed by atoms with van der Waals surface area (Å²) < 4.78 is 1.53. The van der Waals surface area contributed by atoms with Crippen LogP contribution in [0.5, 0.6) is 0 Å². The minimum atomic E-state index is 0.239. The van der Waals surface area contributed by atoms with E-state index in [0.29, 0.717) is 6.04 Å². The monoisotopic (exact) mass is 353 g/mol. The minimum Gasteiger partial charge on any atom is -0.354 e. The molecule has 2 aromatic heterocycles. The van der Waals surface area contributed by atoms with E-state index in [9.17, 15) is 0 Å². The normalized spacial score (nSPS) is 22.4. The Morgan fingerprint density at radius 1 is 1.08 bits per heavy atom. The highest BCUT2D eigenvalue weighted by Crippen LogP contribution is 2.60. The summed E-state index contributed by atoms with van der Waals surface area (Å²) in [6, 6.07) is 11.8. The van der Waals surface area contributed by atoms with Gasteiger partial charge in [0.2, 0.25) is 0 Å². The van der Waals surface area contributed by atoms with Crippen LogP contribution >= 0.6 is 22.7 Å². The van der Waals surface area contributed by atoms with Crippen molar-refractivity contribution in [2.24, 2.45) is 0 Å². The number of aryl methyl sites for hydroxylation is 1. The zero-order chi connectivity index (χ0) is 16.3. The Labute approximate surface area is 151 Å². The van der Waals surface area contributed by atoms with Crippen LogP contribution in [0.4, 0.5) is 5.69 Å². The van der Waals surface area contributed by atoms with Gasteiger partial charge in [0.15, 0.2) is 0 Å². The standard InChI is InChI=1S/C21H23NS2/c1-14-8-4-5-9-17(14)22-15(2)18-16-10-13-23-20(16)24-19(18)21(22)11-6-3-7-12-21/h4-5,8-10,13,15H,3,6-7,11-12H2,1-2H3/t15-/m0/s1. The van der Waals surface area contributed by atoms with Crippen molar-refractivity contribution >= 4 is 37.8 Å². The van der Waals surface area contributed by atoms with Gasteiger partial charge >= 0.3 is 0 Å². The molecule has 1 aromatic carbocycles. The summed E-state index contributed by atoms with van der Waals surface area (Å²) in [4.78, 5) is 4.47. The number of thiophene rings is 2. The molecule has 1 fully saturated rings. The SMILES string of the molecule is Cc1ccccc1N1[C@@H](C)c2c(sc3sccc23)C12CCCCC2. The summed E-state index contributed by atoms with van der Waals surface area (Å²) >= 11 is 4.00. The second kappa shape index (κ2) is 5.34. The van der Waals surface area contributed by atoms with Gasteiger partial charge < -0.3 is 4.90 Å². The van der Waals surface area contributed by atoms with E-state index in [0.717, 1.165) is 0 Å². The topological polar surface area (TPSA) is 3.24 Å². The number of fused-ring (bicyclic) bond motifs is 4. The van der Waals surface area contributed by atoms with E-state index in [2.05, 4.69) is 65.8 Å². The van der Waals surface area contributed by atoms with Gasteiger partial charge in [-0.15, -0.1) is 22.7 Å². The number of rotatable bonds is 1. The maximum Gasteiger partial charge on any atom is 0.0872 e. The van der Waals surface area contributed by atoms with E-state index in [4.69, 9.17) is 0 Å². The van der Waals surface area contributed by atoms with Crippen LogP contribution in [0.15, 0.2) is 35.7 Å². The van der Waals surface area contributed by atoms with E-state index in [1.807, 2.05) is 11.3 Å². The third kappa shape index (κ3) is 1.86. The first-order chi connectivity index (χ1) is 11.7. The maximum absolute atomic E-state index is 2.79. The Hall–Kier alpha value is -1.32. The first kappa shape index (κ1) is 15.0. The number of nitrogens with zero attached hydrogens (tertiary/aromatic N) is 1. The van der Waals surface area contributed by atoms with Crippen LogP contribution < -0.4 is 4.90 Å². The highest BCUT2D eigenvalue weighted by Gasteiger charge is 2.51. The van der Waals surface area contributed by atoms with Crippen molar-refractivity contribution in [2.45, 2.75) is 57.5 Å². The number of anilines is 1. The fourth-order valence-corrected chi connectivity index (χ4v) is 7.69. The van der Waals surface area contributed by atoms with Crippen LogP contribution in [-0.2, 0) is 5.54 Å². The first-order valence-corrected chi connectivity index (χ1v) is 10.8. The average Bonchev–Trinajstić information content (AvgIpc) is 3.23. The molecule has 0 saturated heterocycles. The van der Waals surface area contributed by atoms with Crippen molar-refractivity contribution in [1.82, 2.24) is 0 Å². The summed E-state index contributed by atoms with van der Waals surface area (Å²) in [5, 5.41) is 3.78. The molecule has 1 nitrogen and oxygen atoms in total. The molecule has 1 aliphatic carbocycles. The molecule has 1 saturated carbocycles. The van der Waals surface area contributed by atoms with Crippen molar-refractivity contribution < 1.29 is 0 Å². The van der Waals surface area contributed by atoms with Gasteiger partial charge in [-0.3, -0.25) is 0 Å². The Morgan fingerprint density at radius 2 is 1.88 bits per heavy atom. The van der Waals surface area contributed by atoms with Gasteiger partial charge in [0.05, 0.1) is 15.6 Å². The summed E-state index contributed by atoms with van der Waals surface area (Å²) in [7, 11) is 0. The minimum absolute atomic E-state index is 0.239. The molecule has 5 rings (SSSR count). The molecule has 3 heteroatoms. The predicted molar refractivity (Wildman–Crippen MR) is 107 cm³/mol. The number of hydrogen-bond acceptors (Lipinski definition) is 3. The number of hydrogen-bond donors (Lipinski definition) is 0. The maximum atomic E-state index is 2.79. The quantitative estimate of drug-likeness (QED) is 0.454. The van der Waals surface area contributed by atoms with Crippen LogP contribution in [0.1, 0.15) is 61.1 Å². The Kier molecular flexibility index (Phi) is 3.33. The molecular formula is C21H23NS2. The van der Waals surface area contributed by atoms with Crippen molar-refractivity contribution in [3.63, 3.8) is 0 Å². The second-order valence-corrected chi connectivity index (χ2v) is 9.59. The predicted octanol–water partition coefficient (Wildman–Crippen LogP) is 7.01. The van der Waals surface area contributed by atoms with Gasteiger partial charge in [0.25, 0.3) is 0 Å². The van der Waals surface area contributed by atoms with Gasteiger partial charge in [0.1, 0.15) is 0 Å². The lowest BCUT2D eigenvalue weighted by Gasteiger charge is -2.45. The largest absolute Gasteiger partial charge is 0.354 e. The second-order valence-electron chi connectivity index (χ2n) is 7.39. The van der Waals surface area contributed by atoms with E-state index in [1.165, 1.54) is 52.8 Å². The van der Waals surface area contributed by atoms with Crippen molar-refractivity contribution in [3.05, 3.63) is 51.7 Å². The summed E-state index contributed by atoms with van der Waals surface area (Å²) in [6.45, 7) is 4.70. The van der Waals surface area contributed by atoms with Gasteiger partial charge in [-0.25, -0.2) is 0 Å². The lowest BCUT2D eigenvalue weighted by atomic mass is 9.80. The van der Waals surface area contributed by atoms with E-state index < -0.39 is 0 Å². The molecule has 1 aliphatic heterocycles. The average molecular weight is 354 g/mol. The summed E-state index contributed by atoms with van der Waals surface area (Å²) in [5.41, 5.74) is 4.72. The Bertz CT molecular complexity index is 898. The molecule has 0 radical (unpaired) electrons. The van der Waals surface area contributed by atoms with Crippen molar-refractivity contribution in [3.8, 4) is 0 Å². The van der Waals surface area contributed by atoms with Crippen LogP contribution in [0.25, 0.3) is 9.40 Å². The molecular weight excluding hydrogens is 330 g/mol. The highest BCUT2D eigenvalue weighted by molar-refractivity contribution is 7.37. The molecule has 0 N–H and O–H groups in total.